The Kier molecular flexibility index (Phi) is 7.73. The van der Waals surface area contributed by atoms with Gasteiger partial charge in [-0.1, -0.05) is 91.0 Å². The summed E-state index contributed by atoms with van der Waals surface area (Å²) in [4.78, 5) is 4.83. The van der Waals surface area contributed by atoms with Gasteiger partial charge >= 0.3 is 0 Å². The van der Waals surface area contributed by atoms with Gasteiger partial charge in [0.1, 0.15) is 11.6 Å². The molecule has 1 atom stereocenters. The Hall–Kier alpha value is -4.61. The number of fused-ring (bicyclic) bond motifs is 2. The third kappa shape index (κ3) is 5.70. The lowest BCUT2D eigenvalue weighted by Crippen LogP contribution is -2.26. The first kappa shape index (κ1) is 25.7. The second-order valence-corrected chi connectivity index (χ2v) is 10.1. The predicted octanol–water partition coefficient (Wildman–Crippen LogP) is 7.23. The fourth-order valence-corrected chi connectivity index (χ4v) is 5.42. The number of nitrogens with zero attached hydrogens (tertiary/aromatic N) is 2. The molecule has 40 heavy (non-hydrogen) atoms. The molecule has 2 aromatic heterocycles. The Morgan fingerprint density at radius 3 is 2.27 bits per heavy atom. The van der Waals surface area contributed by atoms with E-state index >= 15 is 0 Å². The first-order valence-corrected chi connectivity index (χ1v) is 13.8. The molecule has 6 aromatic rings. The highest BCUT2D eigenvalue weighted by atomic mass is 16.5. The van der Waals surface area contributed by atoms with Gasteiger partial charge in [-0.15, -0.1) is 0 Å². The van der Waals surface area contributed by atoms with Crippen LogP contribution >= 0.6 is 0 Å². The second-order valence-electron chi connectivity index (χ2n) is 10.1. The SMILES string of the molecule is COc1cc(NC[C@@H](CNCc2cn(Cc3ccccc3)c3ccccc23)c2ccccc2)nc2ccccc12. The van der Waals surface area contributed by atoms with Gasteiger partial charge in [-0.3, -0.25) is 0 Å². The van der Waals surface area contributed by atoms with Crippen molar-refractivity contribution in [1.29, 1.82) is 0 Å². The lowest BCUT2D eigenvalue weighted by atomic mass is 9.99. The van der Waals surface area contributed by atoms with Crippen molar-refractivity contribution in [2.45, 2.75) is 19.0 Å². The van der Waals surface area contributed by atoms with E-state index in [1.807, 2.05) is 30.3 Å². The molecule has 0 aliphatic heterocycles. The summed E-state index contributed by atoms with van der Waals surface area (Å²) in [6.45, 7) is 3.25. The summed E-state index contributed by atoms with van der Waals surface area (Å²) < 4.78 is 8.01. The molecule has 5 heteroatoms. The molecule has 0 aliphatic carbocycles. The molecule has 0 unspecified atom stereocenters. The molecule has 6 rings (SSSR count). The van der Waals surface area contributed by atoms with Crippen LogP contribution < -0.4 is 15.4 Å². The normalized spacial score (nSPS) is 12.0. The third-order valence-corrected chi connectivity index (χ3v) is 7.47. The molecular weight excluding hydrogens is 492 g/mol. The number of nitrogens with one attached hydrogen (secondary N) is 2. The molecule has 0 amide bonds. The average molecular weight is 527 g/mol. The quantitative estimate of drug-likeness (QED) is 0.187. The number of benzene rings is 4. The molecule has 2 heterocycles. The Morgan fingerprint density at radius 2 is 1.48 bits per heavy atom. The van der Waals surface area contributed by atoms with Crippen molar-refractivity contribution in [1.82, 2.24) is 14.9 Å². The Balaban J connectivity index is 1.18. The smallest absolute Gasteiger partial charge is 0.131 e. The average Bonchev–Trinajstić information content (AvgIpc) is 3.36. The maximum absolute atomic E-state index is 5.65. The molecule has 4 aromatic carbocycles. The summed E-state index contributed by atoms with van der Waals surface area (Å²) in [6.07, 6.45) is 2.30. The van der Waals surface area contributed by atoms with E-state index in [0.29, 0.717) is 0 Å². The van der Waals surface area contributed by atoms with Crippen molar-refractivity contribution in [3.63, 3.8) is 0 Å². The maximum atomic E-state index is 5.65. The van der Waals surface area contributed by atoms with E-state index in [4.69, 9.17) is 9.72 Å². The minimum absolute atomic E-state index is 0.262. The van der Waals surface area contributed by atoms with Gasteiger partial charge in [0.05, 0.1) is 12.6 Å². The molecule has 0 saturated heterocycles. The van der Waals surface area contributed by atoms with Gasteiger partial charge in [-0.25, -0.2) is 4.98 Å². The largest absolute Gasteiger partial charge is 0.496 e. The van der Waals surface area contributed by atoms with Crippen LogP contribution in [-0.4, -0.2) is 29.8 Å². The standard InChI is InChI=1S/C35H34N4O/c1-40-34-20-35(38-32-18-10-8-17-31(32)34)37-23-28(27-14-6-3-7-15-27)21-36-22-29-25-39(24-26-12-4-2-5-13-26)33-19-11-9-16-30(29)33/h2-20,25,28,36H,21-24H2,1H3,(H,37,38)/t28-/m1/s1. The van der Waals surface area contributed by atoms with Gasteiger partial charge < -0.3 is 19.9 Å². The molecule has 0 spiro atoms. The number of ether oxygens (including phenoxy) is 1. The summed E-state index contributed by atoms with van der Waals surface area (Å²) >= 11 is 0. The van der Waals surface area contributed by atoms with Gasteiger partial charge in [0.25, 0.3) is 0 Å². The lowest BCUT2D eigenvalue weighted by Gasteiger charge is -2.20. The van der Waals surface area contributed by atoms with E-state index in [1.165, 1.54) is 27.6 Å². The topological polar surface area (TPSA) is 51.1 Å². The Labute approximate surface area is 235 Å². The monoisotopic (exact) mass is 526 g/mol. The number of rotatable bonds is 11. The summed E-state index contributed by atoms with van der Waals surface area (Å²) in [5, 5.41) is 9.66. The maximum Gasteiger partial charge on any atom is 0.131 e. The fourth-order valence-electron chi connectivity index (χ4n) is 5.42. The Bertz CT molecular complexity index is 1700. The summed E-state index contributed by atoms with van der Waals surface area (Å²) in [5.41, 5.74) is 6.09. The van der Waals surface area contributed by atoms with Crippen LogP contribution in [0.1, 0.15) is 22.6 Å². The van der Waals surface area contributed by atoms with Crippen LogP contribution in [0.3, 0.4) is 0 Å². The minimum atomic E-state index is 0.262. The first-order chi connectivity index (χ1) is 19.8. The van der Waals surface area contributed by atoms with E-state index in [9.17, 15) is 0 Å². The zero-order valence-electron chi connectivity index (χ0n) is 22.8. The van der Waals surface area contributed by atoms with Crippen molar-refractivity contribution in [3.8, 4) is 5.75 Å². The van der Waals surface area contributed by atoms with Crippen LogP contribution in [0, 0.1) is 0 Å². The molecule has 0 fully saturated rings. The van der Waals surface area contributed by atoms with Crippen molar-refractivity contribution in [2.24, 2.45) is 0 Å². The molecule has 5 nitrogen and oxygen atoms in total. The van der Waals surface area contributed by atoms with Crippen molar-refractivity contribution >= 4 is 27.6 Å². The van der Waals surface area contributed by atoms with Gasteiger partial charge in [0.15, 0.2) is 0 Å². The van der Waals surface area contributed by atoms with E-state index in [1.54, 1.807) is 7.11 Å². The van der Waals surface area contributed by atoms with Crippen molar-refractivity contribution in [2.75, 3.05) is 25.5 Å². The molecule has 2 N–H and O–H groups in total. The van der Waals surface area contributed by atoms with Gasteiger partial charge in [-0.05, 0) is 34.9 Å². The highest BCUT2D eigenvalue weighted by Crippen LogP contribution is 2.28. The summed E-state index contributed by atoms with van der Waals surface area (Å²) in [7, 11) is 1.71. The fraction of sp³-hybridized carbons (Fsp3) is 0.171. The minimum Gasteiger partial charge on any atom is -0.496 e. The molecule has 0 radical (unpaired) electrons. The lowest BCUT2D eigenvalue weighted by molar-refractivity contribution is 0.419. The first-order valence-electron chi connectivity index (χ1n) is 13.8. The van der Waals surface area contributed by atoms with E-state index in [-0.39, 0.29) is 5.92 Å². The summed E-state index contributed by atoms with van der Waals surface area (Å²) in [5.74, 6) is 1.91. The van der Waals surface area contributed by atoms with Gasteiger partial charge in [-0.2, -0.15) is 0 Å². The molecular formula is C35H34N4O. The molecule has 0 saturated carbocycles. The summed E-state index contributed by atoms with van der Waals surface area (Å²) in [6, 6.07) is 40.1. The predicted molar refractivity (Wildman–Crippen MR) is 165 cm³/mol. The van der Waals surface area contributed by atoms with Crippen LogP contribution in [0.25, 0.3) is 21.8 Å². The number of hydrogen-bond donors (Lipinski definition) is 2. The van der Waals surface area contributed by atoms with Gasteiger partial charge in [0.2, 0.25) is 0 Å². The third-order valence-electron chi connectivity index (χ3n) is 7.47. The van der Waals surface area contributed by atoms with Crippen LogP contribution in [0.4, 0.5) is 5.82 Å². The van der Waals surface area contributed by atoms with Gasteiger partial charge in [0, 0.05) is 60.6 Å². The van der Waals surface area contributed by atoms with Crippen molar-refractivity contribution < 1.29 is 4.74 Å². The highest BCUT2D eigenvalue weighted by Gasteiger charge is 2.14. The molecule has 200 valence electrons. The van der Waals surface area contributed by atoms with E-state index in [2.05, 4.69) is 106 Å². The number of anilines is 1. The van der Waals surface area contributed by atoms with Crippen LogP contribution in [0.15, 0.2) is 121 Å². The second kappa shape index (κ2) is 12.1. The van der Waals surface area contributed by atoms with E-state index < -0.39 is 0 Å². The zero-order valence-corrected chi connectivity index (χ0v) is 22.8. The number of methoxy groups -OCH3 is 1. The molecule has 0 bridgehead atoms. The number of pyridine rings is 1. The number of hydrogen-bond acceptors (Lipinski definition) is 4. The van der Waals surface area contributed by atoms with Crippen molar-refractivity contribution in [3.05, 3.63) is 138 Å². The van der Waals surface area contributed by atoms with Crippen LogP contribution in [0.2, 0.25) is 0 Å². The number of para-hydroxylation sites is 2. The zero-order chi connectivity index (χ0) is 27.1. The van der Waals surface area contributed by atoms with Crippen LogP contribution in [-0.2, 0) is 13.1 Å². The molecule has 0 aliphatic rings. The van der Waals surface area contributed by atoms with Crippen LogP contribution in [0.5, 0.6) is 5.75 Å². The van der Waals surface area contributed by atoms with E-state index in [0.717, 1.165) is 48.6 Å². The number of aromatic nitrogens is 2. The highest BCUT2D eigenvalue weighted by molar-refractivity contribution is 5.87. The Morgan fingerprint density at radius 1 is 0.775 bits per heavy atom.